The van der Waals surface area contributed by atoms with Crippen molar-refractivity contribution >= 4 is 0 Å². The van der Waals surface area contributed by atoms with E-state index in [4.69, 9.17) is 9.15 Å². The van der Waals surface area contributed by atoms with Gasteiger partial charge in [-0.25, -0.2) is 0 Å². The van der Waals surface area contributed by atoms with Gasteiger partial charge in [-0.3, -0.25) is 0 Å². The highest BCUT2D eigenvalue weighted by Crippen LogP contribution is 2.26. The van der Waals surface area contributed by atoms with Gasteiger partial charge in [-0.05, 0) is 60.7 Å². The van der Waals surface area contributed by atoms with Crippen LogP contribution in [0, 0.1) is 0 Å². The lowest BCUT2D eigenvalue weighted by molar-refractivity contribution is 0.277. The van der Waals surface area contributed by atoms with Crippen LogP contribution >= 0.6 is 0 Å². The molecule has 1 aliphatic heterocycles. The van der Waals surface area contributed by atoms with Gasteiger partial charge >= 0.3 is 0 Å². The Morgan fingerprint density at radius 1 is 1.04 bits per heavy atom. The zero-order chi connectivity index (χ0) is 16.9. The topological polar surface area (TPSA) is 34.4 Å². The van der Waals surface area contributed by atoms with Crippen molar-refractivity contribution in [3.8, 4) is 16.9 Å². The summed E-state index contributed by atoms with van der Waals surface area (Å²) in [6.07, 6.45) is 6.88. The van der Waals surface area contributed by atoms with E-state index in [2.05, 4.69) is 53.8 Å². The minimum absolute atomic E-state index is 0.501. The number of ether oxygens (including phenoxy) is 1. The highest BCUT2D eigenvalue weighted by atomic mass is 16.5. The Kier molecular flexibility index (Phi) is 4.84. The van der Waals surface area contributed by atoms with E-state index in [1.807, 2.05) is 6.07 Å². The first-order chi connectivity index (χ1) is 12.4. The molecule has 4 rings (SSSR count). The zero-order valence-corrected chi connectivity index (χ0v) is 14.3. The van der Waals surface area contributed by atoms with Crippen molar-refractivity contribution in [2.75, 3.05) is 13.2 Å². The van der Waals surface area contributed by atoms with Gasteiger partial charge in [0.25, 0.3) is 0 Å². The molecule has 3 aromatic rings. The second kappa shape index (κ2) is 7.58. The maximum atomic E-state index is 5.90. The van der Waals surface area contributed by atoms with Crippen LogP contribution in [-0.4, -0.2) is 19.2 Å². The number of furan rings is 1. The monoisotopic (exact) mass is 333 g/mol. The summed E-state index contributed by atoms with van der Waals surface area (Å²) in [5.41, 5.74) is 4.93. The normalized spacial score (nSPS) is 16.9. The quantitative estimate of drug-likeness (QED) is 0.712. The molecule has 25 heavy (non-hydrogen) atoms. The Morgan fingerprint density at radius 2 is 1.92 bits per heavy atom. The van der Waals surface area contributed by atoms with Gasteiger partial charge in [-0.1, -0.05) is 36.4 Å². The van der Waals surface area contributed by atoms with Crippen molar-refractivity contribution in [3.63, 3.8) is 0 Å². The minimum Gasteiger partial charge on any atom is -0.492 e. The average Bonchev–Trinajstić information content (AvgIpc) is 3.36. The predicted octanol–water partition coefficient (Wildman–Crippen LogP) is 4.67. The molecule has 1 aliphatic rings. The van der Waals surface area contributed by atoms with E-state index in [1.165, 1.54) is 29.5 Å². The number of nitrogens with one attached hydrogen (secondary N) is 1. The van der Waals surface area contributed by atoms with Gasteiger partial charge in [0.05, 0.1) is 12.5 Å². The lowest BCUT2D eigenvalue weighted by Crippen LogP contribution is -2.28. The molecular formula is C22H23NO2. The third-order valence-corrected chi connectivity index (χ3v) is 4.78. The van der Waals surface area contributed by atoms with Crippen LogP contribution in [0.3, 0.4) is 0 Å². The van der Waals surface area contributed by atoms with Crippen LogP contribution in [0.15, 0.2) is 71.5 Å². The first-order valence-electron chi connectivity index (χ1n) is 8.94. The zero-order valence-electron chi connectivity index (χ0n) is 14.3. The molecule has 0 saturated carbocycles. The summed E-state index contributed by atoms with van der Waals surface area (Å²) in [5, 5.41) is 3.46. The first-order valence-corrected chi connectivity index (χ1v) is 8.94. The lowest BCUT2D eigenvalue weighted by Gasteiger charge is -2.13. The fourth-order valence-electron chi connectivity index (χ4n) is 3.39. The molecule has 1 N–H and O–H groups in total. The summed E-state index contributed by atoms with van der Waals surface area (Å²) in [4.78, 5) is 0. The molecule has 1 fully saturated rings. The van der Waals surface area contributed by atoms with Crippen LogP contribution in [-0.2, 0) is 6.42 Å². The van der Waals surface area contributed by atoms with Crippen molar-refractivity contribution < 1.29 is 9.15 Å². The van der Waals surface area contributed by atoms with Crippen LogP contribution in [0.2, 0.25) is 0 Å². The second-order valence-corrected chi connectivity index (χ2v) is 6.59. The molecular weight excluding hydrogens is 310 g/mol. The van der Waals surface area contributed by atoms with Gasteiger partial charge in [0, 0.05) is 11.6 Å². The van der Waals surface area contributed by atoms with Gasteiger partial charge < -0.3 is 14.5 Å². The third-order valence-electron chi connectivity index (χ3n) is 4.78. The Balaban J connectivity index is 1.43. The Bertz CT molecular complexity index is 787. The summed E-state index contributed by atoms with van der Waals surface area (Å²) in [5.74, 6) is 0.945. The Morgan fingerprint density at radius 3 is 2.68 bits per heavy atom. The van der Waals surface area contributed by atoms with Crippen LogP contribution in [0.1, 0.15) is 24.0 Å². The number of benzene rings is 2. The fourth-order valence-corrected chi connectivity index (χ4v) is 3.39. The predicted molar refractivity (Wildman–Crippen MR) is 99.9 cm³/mol. The molecule has 0 amide bonds. The van der Waals surface area contributed by atoms with E-state index >= 15 is 0 Å². The summed E-state index contributed by atoms with van der Waals surface area (Å²) >= 11 is 0. The molecule has 3 nitrogen and oxygen atoms in total. The number of rotatable bonds is 6. The summed E-state index contributed by atoms with van der Waals surface area (Å²) in [7, 11) is 0. The number of hydrogen-bond acceptors (Lipinski definition) is 3. The molecule has 2 aromatic carbocycles. The molecule has 128 valence electrons. The van der Waals surface area contributed by atoms with Crippen molar-refractivity contribution in [2.24, 2.45) is 0 Å². The second-order valence-electron chi connectivity index (χ2n) is 6.59. The van der Waals surface area contributed by atoms with E-state index in [9.17, 15) is 0 Å². The van der Waals surface area contributed by atoms with E-state index in [-0.39, 0.29) is 0 Å². The van der Waals surface area contributed by atoms with Crippen LogP contribution in [0.5, 0.6) is 5.75 Å². The van der Waals surface area contributed by atoms with E-state index < -0.39 is 0 Å². The van der Waals surface area contributed by atoms with E-state index in [0.29, 0.717) is 6.04 Å². The standard InChI is InChI=1S/C22H23NO2/c1-2-6-22(19-11-13-24-15-19)18(4-1)14-17-7-9-21(10-8-17)25-16-20-5-3-12-23-20/h1-2,4,6-11,13,15,20,23H,3,5,12,14,16H2/t20-/m1/s1. The molecule has 1 aromatic heterocycles. The highest BCUT2D eigenvalue weighted by Gasteiger charge is 2.14. The van der Waals surface area contributed by atoms with E-state index in [1.54, 1.807) is 12.5 Å². The van der Waals surface area contributed by atoms with Crippen LogP contribution in [0.25, 0.3) is 11.1 Å². The largest absolute Gasteiger partial charge is 0.492 e. The highest BCUT2D eigenvalue weighted by molar-refractivity contribution is 5.66. The minimum atomic E-state index is 0.501. The van der Waals surface area contributed by atoms with Gasteiger partial charge in [0.15, 0.2) is 0 Å². The van der Waals surface area contributed by atoms with Crippen LogP contribution < -0.4 is 10.1 Å². The third kappa shape index (κ3) is 3.94. The maximum absolute atomic E-state index is 5.90. The van der Waals surface area contributed by atoms with Crippen molar-refractivity contribution in [3.05, 3.63) is 78.3 Å². The van der Waals surface area contributed by atoms with E-state index in [0.717, 1.165) is 30.9 Å². The van der Waals surface area contributed by atoms with Crippen molar-refractivity contribution in [1.82, 2.24) is 5.32 Å². The van der Waals surface area contributed by atoms with Gasteiger partial charge in [-0.2, -0.15) is 0 Å². The summed E-state index contributed by atoms with van der Waals surface area (Å²) < 4.78 is 11.1. The molecule has 2 heterocycles. The van der Waals surface area contributed by atoms with Gasteiger partial charge in [-0.15, -0.1) is 0 Å². The summed E-state index contributed by atoms with van der Waals surface area (Å²) in [6.45, 7) is 1.87. The first kappa shape index (κ1) is 16.0. The van der Waals surface area contributed by atoms with Crippen molar-refractivity contribution in [1.29, 1.82) is 0 Å². The Hall–Kier alpha value is -2.52. The average molecular weight is 333 g/mol. The van der Waals surface area contributed by atoms with Gasteiger partial charge in [0.2, 0.25) is 0 Å². The smallest absolute Gasteiger partial charge is 0.119 e. The molecule has 0 radical (unpaired) electrons. The molecule has 3 heteroatoms. The molecule has 0 spiro atoms. The fraction of sp³-hybridized carbons (Fsp3) is 0.273. The number of hydrogen-bond donors (Lipinski definition) is 1. The maximum Gasteiger partial charge on any atom is 0.119 e. The van der Waals surface area contributed by atoms with Crippen LogP contribution in [0.4, 0.5) is 0 Å². The Labute approximate surface area is 148 Å². The molecule has 0 bridgehead atoms. The van der Waals surface area contributed by atoms with Crippen molar-refractivity contribution in [2.45, 2.75) is 25.3 Å². The molecule has 0 aliphatic carbocycles. The SMILES string of the molecule is c1ccc(-c2ccoc2)c(Cc2ccc(OC[C@H]3CCCN3)cc2)c1. The molecule has 0 unspecified atom stereocenters. The lowest BCUT2D eigenvalue weighted by atomic mass is 9.96. The summed E-state index contributed by atoms with van der Waals surface area (Å²) in [6, 6.07) is 19.5. The molecule has 1 atom stereocenters. The molecule has 1 saturated heterocycles. The van der Waals surface area contributed by atoms with Gasteiger partial charge in [0.1, 0.15) is 12.4 Å².